The molecule has 0 spiro atoms. The van der Waals surface area contributed by atoms with E-state index in [4.69, 9.17) is 0 Å². The minimum absolute atomic E-state index is 0.0282. The quantitative estimate of drug-likeness (QED) is 0.512. The molecule has 0 saturated carbocycles. The van der Waals surface area contributed by atoms with E-state index >= 15 is 0 Å². The largest absolute Gasteiger partial charge is 0.353 e. The van der Waals surface area contributed by atoms with Crippen LogP contribution in [0.15, 0.2) is 18.3 Å². The summed E-state index contributed by atoms with van der Waals surface area (Å²) in [4.78, 5) is 29.3. The van der Waals surface area contributed by atoms with Gasteiger partial charge < -0.3 is 14.4 Å². The van der Waals surface area contributed by atoms with Crippen LogP contribution in [-0.2, 0) is 23.2 Å². The molecular weight excluding hydrogens is 338 g/mol. The zero-order valence-corrected chi connectivity index (χ0v) is 18.2. The first kappa shape index (κ1) is 23.3. The van der Waals surface area contributed by atoms with Gasteiger partial charge in [-0.1, -0.05) is 40.0 Å². The molecule has 0 aliphatic heterocycles. The molecule has 1 rings (SSSR count). The van der Waals surface area contributed by atoms with Crippen LogP contribution in [0.5, 0.6) is 0 Å². The highest BCUT2D eigenvalue weighted by molar-refractivity contribution is 5.85. The number of unbranched alkanes of at least 4 members (excludes halogenated alkanes) is 3. The van der Waals surface area contributed by atoms with E-state index in [-0.39, 0.29) is 24.4 Å². The normalized spacial score (nSPS) is 11.3. The predicted molar refractivity (Wildman–Crippen MR) is 111 cm³/mol. The lowest BCUT2D eigenvalue weighted by Gasteiger charge is -2.31. The third-order valence-corrected chi connectivity index (χ3v) is 4.84. The van der Waals surface area contributed by atoms with Crippen LogP contribution in [0.25, 0.3) is 0 Å². The third kappa shape index (κ3) is 8.19. The van der Waals surface area contributed by atoms with Crippen LogP contribution >= 0.6 is 0 Å². The Kier molecular flexibility index (Phi) is 10.2. The molecule has 0 saturated heterocycles. The molecule has 1 aromatic heterocycles. The van der Waals surface area contributed by atoms with Gasteiger partial charge in [-0.3, -0.25) is 9.59 Å². The molecule has 154 valence electrons. The Balaban J connectivity index is 2.76. The first-order valence-electron chi connectivity index (χ1n) is 10.4. The Hall–Kier alpha value is -1.78. The van der Waals surface area contributed by atoms with Crippen molar-refractivity contribution in [2.45, 2.75) is 79.3 Å². The fourth-order valence-electron chi connectivity index (χ4n) is 3.20. The lowest BCUT2D eigenvalue weighted by molar-refractivity contribution is -0.142. The predicted octanol–water partition coefficient (Wildman–Crippen LogP) is 4.22. The molecule has 0 aromatic carbocycles. The molecule has 0 atom stereocenters. The number of carbonyl (C=O) groups excluding carboxylic acids is 2. The maximum Gasteiger partial charge on any atom is 0.242 e. The maximum absolute atomic E-state index is 13.0. The first-order chi connectivity index (χ1) is 12.8. The van der Waals surface area contributed by atoms with Crippen molar-refractivity contribution in [2.75, 3.05) is 13.1 Å². The number of rotatable bonds is 12. The highest BCUT2D eigenvalue weighted by atomic mass is 16.2. The van der Waals surface area contributed by atoms with Crippen LogP contribution in [-0.4, -0.2) is 45.3 Å². The van der Waals surface area contributed by atoms with E-state index < -0.39 is 0 Å². The summed E-state index contributed by atoms with van der Waals surface area (Å²) in [5.41, 5.74) is 1.10. The van der Waals surface area contributed by atoms with Crippen LogP contribution in [0.1, 0.15) is 72.4 Å². The van der Waals surface area contributed by atoms with Crippen LogP contribution in [0.4, 0.5) is 0 Å². The first-order valence-corrected chi connectivity index (χ1v) is 10.4. The molecule has 1 aromatic rings. The van der Waals surface area contributed by atoms with Crippen molar-refractivity contribution in [3.8, 4) is 0 Å². The zero-order valence-electron chi connectivity index (χ0n) is 18.2. The molecule has 1 heterocycles. The van der Waals surface area contributed by atoms with Gasteiger partial charge in [0, 0.05) is 37.9 Å². The van der Waals surface area contributed by atoms with Crippen molar-refractivity contribution in [1.29, 1.82) is 0 Å². The van der Waals surface area contributed by atoms with Crippen molar-refractivity contribution in [3.63, 3.8) is 0 Å². The number of aryl methyl sites for hydroxylation is 1. The summed E-state index contributed by atoms with van der Waals surface area (Å²) in [6.07, 6.45) is 6.83. The molecule has 0 unspecified atom stereocenters. The Morgan fingerprint density at radius 3 is 2.30 bits per heavy atom. The Bertz CT molecular complexity index is 578. The molecule has 5 nitrogen and oxygen atoms in total. The van der Waals surface area contributed by atoms with Crippen molar-refractivity contribution in [3.05, 3.63) is 24.0 Å². The summed E-state index contributed by atoms with van der Waals surface area (Å²) in [5.74, 6) is 0.504. The second kappa shape index (κ2) is 11.8. The molecule has 0 fully saturated rings. The smallest absolute Gasteiger partial charge is 0.242 e. The van der Waals surface area contributed by atoms with Gasteiger partial charge in [-0.25, -0.2) is 0 Å². The Morgan fingerprint density at radius 1 is 1.07 bits per heavy atom. The number of hydrogen-bond acceptors (Lipinski definition) is 2. The van der Waals surface area contributed by atoms with Gasteiger partial charge in [0.1, 0.15) is 0 Å². The lowest BCUT2D eigenvalue weighted by atomic mass is 10.1. The van der Waals surface area contributed by atoms with Gasteiger partial charge in [0.05, 0.1) is 13.1 Å². The fourth-order valence-corrected chi connectivity index (χ4v) is 3.20. The second-order valence-corrected chi connectivity index (χ2v) is 8.20. The summed E-state index contributed by atoms with van der Waals surface area (Å²) in [6, 6.07) is 4.07. The van der Waals surface area contributed by atoms with Crippen molar-refractivity contribution in [1.82, 2.24) is 14.4 Å². The van der Waals surface area contributed by atoms with E-state index in [1.165, 1.54) is 0 Å². The minimum Gasteiger partial charge on any atom is -0.353 e. The molecule has 0 aliphatic rings. The summed E-state index contributed by atoms with van der Waals surface area (Å²) in [5, 5.41) is 0. The van der Waals surface area contributed by atoms with Crippen LogP contribution < -0.4 is 0 Å². The molecule has 27 heavy (non-hydrogen) atoms. The van der Waals surface area contributed by atoms with Crippen molar-refractivity contribution < 1.29 is 9.59 Å². The van der Waals surface area contributed by atoms with E-state index in [0.717, 1.165) is 31.4 Å². The average Bonchev–Trinajstić information content (AvgIpc) is 2.99. The van der Waals surface area contributed by atoms with Gasteiger partial charge in [-0.2, -0.15) is 0 Å². The van der Waals surface area contributed by atoms with E-state index in [9.17, 15) is 9.59 Å². The fraction of sp³-hybridized carbons (Fsp3) is 0.727. The molecule has 0 radical (unpaired) electrons. The standard InChI is InChI=1S/C22H39N3O2/c1-7-8-9-10-13-21(26)25(19(4)5)17-22(27)24(15-18(2)3)16-20-12-11-14-23(20)6/h11-12,14,18-19H,7-10,13,15-17H2,1-6H3. The SMILES string of the molecule is CCCCCCC(=O)N(CC(=O)N(Cc1cccn1C)CC(C)C)C(C)C. The molecule has 0 bridgehead atoms. The summed E-state index contributed by atoms with van der Waals surface area (Å²) in [6.45, 7) is 11.8. The molecule has 0 N–H and O–H groups in total. The summed E-state index contributed by atoms with van der Waals surface area (Å²) in [7, 11) is 1.99. The van der Waals surface area contributed by atoms with Crippen molar-refractivity contribution in [2.24, 2.45) is 13.0 Å². The van der Waals surface area contributed by atoms with E-state index in [1.807, 2.05) is 48.7 Å². The molecule has 5 heteroatoms. The van der Waals surface area contributed by atoms with Gasteiger partial charge in [0.2, 0.25) is 11.8 Å². The molecule has 0 aliphatic carbocycles. The van der Waals surface area contributed by atoms with Crippen LogP contribution in [0, 0.1) is 5.92 Å². The number of hydrogen-bond donors (Lipinski definition) is 0. The van der Waals surface area contributed by atoms with Gasteiger partial charge >= 0.3 is 0 Å². The van der Waals surface area contributed by atoms with Crippen LogP contribution in [0.3, 0.4) is 0 Å². The molecular formula is C22H39N3O2. The maximum atomic E-state index is 13.0. The van der Waals surface area contributed by atoms with Gasteiger partial charge in [0.25, 0.3) is 0 Å². The topological polar surface area (TPSA) is 45.6 Å². The summed E-state index contributed by atoms with van der Waals surface area (Å²) >= 11 is 0. The Morgan fingerprint density at radius 2 is 1.78 bits per heavy atom. The number of amides is 2. The van der Waals surface area contributed by atoms with Crippen LogP contribution in [0.2, 0.25) is 0 Å². The Labute approximate surface area is 165 Å². The third-order valence-electron chi connectivity index (χ3n) is 4.84. The van der Waals surface area contributed by atoms with E-state index in [2.05, 4.69) is 20.8 Å². The van der Waals surface area contributed by atoms with Gasteiger partial charge in [-0.15, -0.1) is 0 Å². The number of carbonyl (C=O) groups is 2. The highest BCUT2D eigenvalue weighted by Gasteiger charge is 2.24. The van der Waals surface area contributed by atoms with Gasteiger partial charge in [-0.05, 0) is 38.3 Å². The summed E-state index contributed by atoms with van der Waals surface area (Å²) < 4.78 is 2.04. The zero-order chi connectivity index (χ0) is 20.4. The number of nitrogens with zero attached hydrogens (tertiary/aromatic N) is 3. The monoisotopic (exact) mass is 377 g/mol. The number of aromatic nitrogens is 1. The van der Waals surface area contributed by atoms with Gasteiger partial charge in [0.15, 0.2) is 0 Å². The molecule has 2 amide bonds. The van der Waals surface area contributed by atoms with E-state index in [0.29, 0.717) is 25.4 Å². The second-order valence-electron chi connectivity index (χ2n) is 8.20. The lowest BCUT2D eigenvalue weighted by Crippen LogP contribution is -2.46. The minimum atomic E-state index is 0.0282. The highest BCUT2D eigenvalue weighted by Crippen LogP contribution is 2.12. The van der Waals surface area contributed by atoms with E-state index in [1.54, 1.807) is 4.90 Å². The average molecular weight is 378 g/mol. The van der Waals surface area contributed by atoms with Crippen molar-refractivity contribution >= 4 is 11.8 Å².